The maximum Gasteiger partial charge on any atom is 0.221 e. The highest BCUT2D eigenvalue weighted by Crippen LogP contribution is 2.21. The van der Waals surface area contributed by atoms with E-state index in [4.69, 9.17) is 5.73 Å². The van der Waals surface area contributed by atoms with Crippen LogP contribution in [0.15, 0.2) is 27.9 Å². The lowest BCUT2D eigenvalue weighted by Gasteiger charge is -2.01. The summed E-state index contributed by atoms with van der Waals surface area (Å²) in [5.41, 5.74) is 7.06. The van der Waals surface area contributed by atoms with Crippen molar-refractivity contribution in [2.75, 3.05) is 5.73 Å². The Kier molecular flexibility index (Phi) is 4.00. The Labute approximate surface area is 125 Å². The molecular weight excluding hydrogens is 414 g/mol. The molecule has 0 amide bonds. The average molecular weight is 423 g/mol. The normalized spacial score (nSPS) is 11.3. The standard InChI is InChI=1S/C11H9BrFIN4/c1-6-5-18(11(15)17-6)16-4-7-2-9(13)10(14)3-8(7)12/h2-5H,1H3,(H2,15,17). The summed E-state index contributed by atoms with van der Waals surface area (Å²) in [6, 6.07) is 3.11. The zero-order chi connectivity index (χ0) is 13.3. The molecule has 2 aromatic rings. The van der Waals surface area contributed by atoms with Gasteiger partial charge in [0.25, 0.3) is 0 Å². The van der Waals surface area contributed by atoms with Gasteiger partial charge in [-0.05, 0) is 41.6 Å². The molecule has 18 heavy (non-hydrogen) atoms. The van der Waals surface area contributed by atoms with E-state index in [1.54, 1.807) is 12.3 Å². The minimum absolute atomic E-state index is 0.282. The molecule has 0 atom stereocenters. The summed E-state index contributed by atoms with van der Waals surface area (Å²) in [5.74, 6) is 0.0147. The number of hydrogen-bond donors (Lipinski definition) is 1. The van der Waals surface area contributed by atoms with Crippen molar-refractivity contribution >= 4 is 50.7 Å². The van der Waals surface area contributed by atoms with Gasteiger partial charge in [0.05, 0.1) is 18.1 Å². The molecule has 0 unspecified atom stereocenters. The number of hydrogen-bond acceptors (Lipinski definition) is 3. The Morgan fingerprint density at radius 3 is 2.89 bits per heavy atom. The lowest BCUT2D eigenvalue weighted by molar-refractivity contribution is 0.619. The molecule has 1 heterocycles. The van der Waals surface area contributed by atoms with E-state index in [9.17, 15) is 4.39 Å². The van der Waals surface area contributed by atoms with Gasteiger partial charge in [-0.15, -0.1) is 0 Å². The second-order valence-corrected chi connectivity index (χ2v) is 5.63. The highest BCUT2D eigenvalue weighted by atomic mass is 127. The van der Waals surface area contributed by atoms with Crippen molar-refractivity contribution in [3.63, 3.8) is 0 Å². The molecule has 0 saturated heterocycles. The Balaban J connectivity index is 2.34. The molecule has 0 aliphatic heterocycles. The number of anilines is 1. The Hall–Kier alpha value is -0.960. The van der Waals surface area contributed by atoms with Crippen LogP contribution in [0.3, 0.4) is 0 Å². The number of halogens is 3. The summed E-state index contributed by atoms with van der Waals surface area (Å²) in [4.78, 5) is 4.02. The topological polar surface area (TPSA) is 56.2 Å². The molecule has 0 aliphatic carbocycles. The van der Waals surface area contributed by atoms with Crippen molar-refractivity contribution in [3.8, 4) is 0 Å². The zero-order valence-corrected chi connectivity index (χ0v) is 13.1. The largest absolute Gasteiger partial charge is 0.368 e. The summed E-state index contributed by atoms with van der Waals surface area (Å²) in [5, 5.41) is 4.13. The van der Waals surface area contributed by atoms with Gasteiger partial charge in [-0.3, -0.25) is 0 Å². The molecule has 2 rings (SSSR count). The molecule has 0 radical (unpaired) electrons. The van der Waals surface area contributed by atoms with Crippen molar-refractivity contribution in [3.05, 3.63) is 43.4 Å². The van der Waals surface area contributed by atoms with E-state index < -0.39 is 0 Å². The molecule has 0 spiro atoms. The quantitative estimate of drug-likeness (QED) is 0.459. The van der Waals surface area contributed by atoms with Crippen LogP contribution >= 0.6 is 38.5 Å². The fourth-order valence-electron chi connectivity index (χ4n) is 1.36. The van der Waals surface area contributed by atoms with Crippen LogP contribution in [0.2, 0.25) is 0 Å². The number of aromatic nitrogens is 2. The first kappa shape index (κ1) is 13.5. The van der Waals surface area contributed by atoms with Gasteiger partial charge >= 0.3 is 0 Å². The number of nitrogens with zero attached hydrogens (tertiary/aromatic N) is 3. The van der Waals surface area contributed by atoms with E-state index in [0.29, 0.717) is 15.1 Å². The van der Waals surface area contributed by atoms with E-state index in [1.807, 2.05) is 29.5 Å². The first-order valence-electron chi connectivity index (χ1n) is 4.97. The van der Waals surface area contributed by atoms with E-state index in [0.717, 1.165) is 10.2 Å². The molecule has 0 bridgehead atoms. The van der Waals surface area contributed by atoms with Crippen molar-refractivity contribution in [2.24, 2.45) is 5.10 Å². The third-order valence-corrected chi connectivity index (χ3v) is 3.71. The van der Waals surface area contributed by atoms with Crippen LogP contribution in [-0.2, 0) is 0 Å². The second kappa shape index (κ2) is 5.35. The van der Waals surface area contributed by atoms with Gasteiger partial charge in [-0.25, -0.2) is 14.1 Å². The molecular formula is C11H9BrFIN4. The SMILES string of the molecule is Cc1cn(N=Cc2cc(F)c(I)cc2Br)c(N)n1. The van der Waals surface area contributed by atoms with E-state index in [2.05, 4.69) is 26.0 Å². The fraction of sp³-hybridized carbons (Fsp3) is 0.0909. The van der Waals surface area contributed by atoms with Crippen LogP contribution in [0.25, 0.3) is 0 Å². The molecule has 94 valence electrons. The summed E-state index contributed by atoms with van der Waals surface area (Å²) in [6.45, 7) is 1.82. The van der Waals surface area contributed by atoms with Gasteiger partial charge in [0.15, 0.2) is 0 Å². The van der Waals surface area contributed by atoms with Gasteiger partial charge in [-0.1, -0.05) is 15.9 Å². The van der Waals surface area contributed by atoms with E-state index >= 15 is 0 Å². The third-order valence-electron chi connectivity index (χ3n) is 2.20. The van der Waals surface area contributed by atoms with Gasteiger partial charge < -0.3 is 5.73 Å². The first-order chi connectivity index (χ1) is 8.47. The van der Waals surface area contributed by atoms with E-state index in [1.165, 1.54) is 17.0 Å². The van der Waals surface area contributed by atoms with Gasteiger partial charge in [-0.2, -0.15) is 5.10 Å². The predicted molar refractivity (Wildman–Crippen MR) is 81.2 cm³/mol. The van der Waals surface area contributed by atoms with Crippen LogP contribution in [0.1, 0.15) is 11.3 Å². The number of imidazole rings is 1. The van der Waals surface area contributed by atoms with Crippen molar-refractivity contribution in [1.29, 1.82) is 0 Å². The van der Waals surface area contributed by atoms with Crippen LogP contribution in [0.4, 0.5) is 10.3 Å². The Morgan fingerprint density at radius 1 is 1.56 bits per heavy atom. The number of aryl methyl sites for hydroxylation is 1. The fourth-order valence-corrected chi connectivity index (χ4v) is 2.70. The molecule has 1 aromatic carbocycles. The number of nitrogens with two attached hydrogens (primary N) is 1. The minimum Gasteiger partial charge on any atom is -0.368 e. The maximum atomic E-state index is 13.4. The molecule has 1 aromatic heterocycles. The average Bonchev–Trinajstić information content (AvgIpc) is 2.61. The highest BCUT2D eigenvalue weighted by molar-refractivity contribution is 14.1. The highest BCUT2D eigenvalue weighted by Gasteiger charge is 2.05. The summed E-state index contributed by atoms with van der Waals surface area (Å²) in [7, 11) is 0. The van der Waals surface area contributed by atoms with Gasteiger partial charge in [0.1, 0.15) is 5.82 Å². The summed E-state index contributed by atoms with van der Waals surface area (Å²) >= 11 is 5.29. The molecule has 4 nitrogen and oxygen atoms in total. The number of benzene rings is 1. The van der Waals surface area contributed by atoms with E-state index in [-0.39, 0.29) is 5.82 Å². The molecule has 0 saturated carbocycles. The van der Waals surface area contributed by atoms with Crippen LogP contribution in [-0.4, -0.2) is 15.9 Å². The lowest BCUT2D eigenvalue weighted by atomic mass is 10.2. The number of nitrogen functional groups attached to an aromatic ring is 1. The summed E-state index contributed by atoms with van der Waals surface area (Å²) in [6.07, 6.45) is 3.23. The van der Waals surface area contributed by atoms with Crippen molar-refractivity contribution < 1.29 is 4.39 Å². The second-order valence-electron chi connectivity index (χ2n) is 3.62. The lowest BCUT2D eigenvalue weighted by Crippen LogP contribution is -1.98. The molecule has 0 aliphatic rings. The predicted octanol–water partition coefficient (Wildman–Crippen LogP) is 3.16. The van der Waals surface area contributed by atoms with Crippen LogP contribution in [0.5, 0.6) is 0 Å². The van der Waals surface area contributed by atoms with Crippen LogP contribution < -0.4 is 5.73 Å². The third kappa shape index (κ3) is 2.89. The minimum atomic E-state index is -0.282. The summed E-state index contributed by atoms with van der Waals surface area (Å²) < 4.78 is 16.2. The Morgan fingerprint density at radius 2 is 2.28 bits per heavy atom. The van der Waals surface area contributed by atoms with Crippen LogP contribution in [0, 0.1) is 16.3 Å². The molecule has 7 heteroatoms. The number of rotatable bonds is 2. The zero-order valence-electron chi connectivity index (χ0n) is 9.36. The smallest absolute Gasteiger partial charge is 0.221 e. The molecule has 0 fully saturated rings. The molecule has 2 N–H and O–H groups in total. The Bertz CT molecular complexity index is 624. The first-order valence-corrected chi connectivity index (χ1v) is 6.85. The van der Waals surface area contributed by atoms with Crippen molar-refractivity contribution in [2.45, 2.75) is 6.92 Å². The monoisotopic (exact) mass is 422 g/mol. The maximum absolute atomic E-state index is 13.4. The van der Waals surface area contributed by atoms with Gasteiger partial charge in [0.2, 0.25) is 5.95 Å². The van der Waals surface area contributed by atoms with Gasteiger partial charge in [0, 0.05) is 13.6 Å². The van der Waals surface area contributed by atoms with Crippen molar-refractivity contribution in [1.82, 2.24) is 9.66 Å².